The van der Waals surface area contributed by atoms with Crippen LogP contribution in [0.5, 0.6) is 0 Å². The molecule has 16 heavy (non-hydrogen) atoms. The Hall–Kier alpha value is -1.96. The number of rotatable bonds is 0. The van der Waals surface area contributed by atoms with Crippen LogP contribution in [0.4, 0.5) is 0 Å². The van der Waals surface area contributed by atoms with E-state index in [4.69, 9.17) is 4.74 Å². The predicted octanol–water partition coefficient (Wildman–Crippen LogP) is 2.61. The minimum Gasteiger partial charge on any atom is -0.490 e. The van der Waals surface area contributed by atoms with E-state index in [-0.39, 0.29) is 0 Å². The van der Waals surface area contributed by atoms with E-state index in [1.165, 1.54) is 0 Å². The third-order valence-electron chi connectivity index (χ3n) is 2.23. The van der Waals surface area contributed by atoms with Crippen molar-refractivity contribution in [1.82, 2.24) is 5.32 Å². The minimum absolute atomic E-state index is 0.719. The van der Waals surface area contributed by atoms with E-state index < -0.39 is 0 Å². The second-order valence-electron chi connectivity index (χ2n) is 3.43. The molecule has 0 aromatic heterocycles. The third kappa shape index (κ3) is 3.02. The maximum absolute atomic E-state index is 5.59. The van der Waals surface area contributed by atoms with E-state index in [1.54, 1.807) is 0 Å². The number of nitrogens with one attached hydrogen (secondary N) is 1. The summed E-state index contributed by atoms with van der Waals surface area (Å²) in [5.74, 6) is 0.894. The number of ether oxygens (including phenoxy) is 1. The third-order valence-corrected chi connectivity index (χ3v) is 2.23. The Bertz CT molecular complexity index is 370. The molecule has 0 saturated heterocycles. The highest BCUT2D eigenvalue weighted by Gasteiger charge is 2.07. The summed E-state index contributed by atoms with van der Waals surface area (Å²) in [4.78, 5) is 0. The summed E-state index contributed by atoms with van der Waals surface area (Å²) in [6.45, 7) is 1.58. The molecular formula is C14H15NO. The van der Waals surface area contributed by atoms with Crippen molar-refractivity contribution in [2.45, 2.75) is 0 Å². The molecule has 0 atom stereocenters. The molecular weight excluding hydrogens is 198 g/mol. The quantitative estimate of drug-likeness (QED) is 0.668. The van der Waals surface area contributed by atoms with Gasteiger partial charge in [-0.25, -0.2) is 0 Å². The first kappa shape index (κ1) is 10.6. The van der Waals surface area contributed by atoms with Crippen molar-refractivity contribution in [2.24, 2.45) is 0 Å². The van der Waals surface area contributed by atoms with Gasteiger partial charge in [-0.1, -0.05) is 48.6 Å². The molecule has 0 unspecified atom stereocenters. The molecule has 1 N–H and O–H groups in total. The van der Waals surface area contributed by atoms with Crippen molar-refractivity contribution in [3.05, 3.63) is 72.2 Å². The summed E-state index contributed by atoms with van der Waals surface area (Å²) in [6.07, 6.45) is 19.9. The van der Waals surface area contributed by atoms with Crippen molar-refractivity contribution in [1.29, 1.82) is 0 Å². The van der Waals surface area contributed by atoms with E-state index in [9.17, 15) is 0 Å². The van der Waals surface area contributed by atoms with E-state index in [0.29, 0.717) is 0 Å². The van der Waals surface area contributed by atoms with Gasteiger partial charge in [-0.2, -0.15) is 0 Å². The van der Waals surface area contributed by atoms with E-state index in [0.717, 1.165) is 24.6 Å². The predicted molar refractivity (Wildman–Crippen MR) is 66.7 cm³/mol. The summed E-state index contributed by atoms with van der Waals surface area (Å²) in [7, 11) is 0. The molecule has 1 aliphatic heterocycles. The van der Waals surface area contributed by atoms with Crippen LogP contribution in [0.2, 0.25) is 0 Å². The van der Waals surface area contributed by atoms with Crippen LogP contribution in [0.1, 0.15) is 0 Å². The molecule has 2 heteroatoms. The molecule has 0 fully saturated rings. The standard InChI is InChI=1S/C14H15NO/c1-2-4-6-8-10-14-13(9-7-5-3-1)15-11-12-16-14/h1-10,15H,11-12H2/b2-1-,3-1?,4-2?,5-3-,6-4-,7-5?,8-6?,9-7-,10-8-,13-9?,14-10?. The molecule has 0 spiro atoms. The smallest absolute Gasteiger partial charge is 0.142 e. The Labute approximate surface area is 96.0 Å². The highest BCUT2D eigenvalue weighted by molar-refractivity contribution is 5.33. The zero-order valence-corrected chi connectivity index (χ0v) is 9.10. The van der Waals surface area contributed by atoms with Crippen molar-refractivity contribution in [3.8, 4) is 0 Å². The van der Waals surface area contributed by atoms with E-state index in [2.05, 4.69) is 5.32 Å². The first-order valence-corrected chi connectivity index (χ1v) is 5.42. The van der Waals surface area contributed by atoms with Crippen LogP contribution < -0.4 is 5.32 Å². The van der Waals surface area contributed by atoms with Gasteiger partial charge in [0.15, 0.2) is 0 Å². The molecule has 1 heterocycles. The fourth-order valence-electron chi connectivity index (χ4n) is 1.47. The zero-order chi connectivity index (χ0) is 11.1. The Balaban J connectivity index is 2.27. The topological polar surface area (TPSA) is 21.3 Å². The highest BCUT2D eigenvalue weighted by atomic mass is 16.5. The van der Waals surface area contributed by atoms with Crippen molar-refractivity contribution >= 4 is 0 Å². The first-order chi connectivity index (χ1) is 7.97. The van der Waals surface area contributed by atoms with Gasteiger partial charge >= 0.3 is 0 Å². The maximum atomic E-state index is 5.59. The minimum atomic E-state index is 0.719. The average molecular weight is 213 g/mol. The molecule has 0 aromatic rings. The van der Waals surface area contributed by atoms with Crippen LogP contribution in [0, 0.1) is 0 Å². The highest BCUT2D eigenvalue weighted by Crippen LogP contribution is 2.11. The van der Waals surface area contributed by atoms with Crippen LogP contribution in [0.3, 0.4) is 0 Å². The molecule has 1 aliphatic carbocycles. The lowest BCUT2D eigenvalue weighted by molar-refractivity contribution is 0.206. The fraction of sp³-hybridized carbons (Fsp3) is 0.143. The summed E-state index contributed by atoms with van der Waals surface area (Å²) in [6, 6.07) is 0. The lowest BCUT2D eigenvalue weighted by Gasteiger charge is -2.18. The maximum Gasteiger partial charge on any atom is 0.142 e. The van der Waals surface area contributed by atoms with Crippen molar-refractivity contribution in [3.63, 3.8) is 0 Å². The second kappa shape index (κ2) is 5.81. The Kier molecular flexibility index (Phi) is 3.83. The van der Waals surface area contributed by atoms with Crippen LogP contribution >= 0.6 is 0 Å². The van der Waals surface area contributed by atoms with E-state index >= 15 is 0 Å². The molecule has 0 saturated carbocycles. The number of hydrogen-bond donors (Lipinski definition) is 1. The molecule has 2 rings (SSSR count). The van der Waals surface area contributed by atoms with Gasteiger partial charge in [0.2, 0.25) is 0 Å². The normalized spacial score (nSPS) is 29.5. The summed E-state index contributed by atoms with van der Waals surface area (Å²) >= 11 is 0. The van der Waals surface area contributed by atoms with E-state index in [1.807, 2.05) is 60.8 Å². The fourth-order valence-corrected chi connectivity index (χ4v) is 1.47. The van der Waals surface area contributed by atoms with Crippen LogP contribution in [-0.2, 0) is 4.74 Å². The molecule has 0 amide bonds. The summed E-state index contributed by atoms with van der Waals surface area (Å²) in [5.41, 5.74) is 1.03. The second-order valence-corrected chi connectivity index (χ2v) is 3.43. The number of hydrogen-bond acceptors (Lipinski definition) is 2. The molecule has 2 aliphatic rings. The van der Waals surface area contributed by atoms with Gasteiger partial charge in [0.1, 0.15) is 12.4 Å². The van der Waals surface area contributed by atoms with Gasteiger partial charge in [-0.3, -0.25) is 0 Å². The van der Waals surface area contributed by atoms with Gasteiger partial charge in [0.05, 0.1) is 5.70 Å². The summed E-state index contributed by atoms with van der Waals surface area (Å²) < 4.78 is 5.59. The van der Waals surface area contributed by atoms with Crippen molar-refractivity contribution < 1.29 is 4.74 Å². The molecule has 2 nitrogen and oxygen atoms in total. The SMILES string of the molecule is C1=C\C=C/C=C\C2=C(/C=C\C=C/1)NCCO2. The first-order valence-electron chi connectivity index (χ1n) is 5.42. The Morgan fingerprint density at radius 3 is 2.19 bits per heavy atom. The van der Waals surface area contributed by atoms with Gasteiger partial charge in [0, 0.05) is 6.54 Å². The molecule has 0 bridgehead atoms. The Morgan fingerprint density at radius 1 is 0.812 bits per heavy atom. The van der Waals surface area contributed by atoms with Gasteiger partial charge in [-0.05, 0) is 12.2 Å². The zero-order valence-electron chi connectivity index (χ0n) is 9.10. The molecule has 82 valence electrons. The van der Waals surface area contributed by atoms with Crippen LogP contribution in [0.15, 0.2) is 72.2 Å². The lowest BCUT2D eigenvalue weighted by Crippen LogP contribution is -2.25. The van der Waals surface area contributed by atoms with Gasteiger partial charge in [0.25, 0.3) is 0 Å². The summed E-state index contributed by atoms with van der Waals surface area (Å²) in [5, 5.41) is 3.31. The number of allylic oxidation sites excluding steroid dienone is 10. The molecule has 0 radical (unpaired) electrons. The molecule has 0 aromatic carbocycles. The van der Waals surface area contributed by atoms with Gasteiger partial charge < -0.3 is 10.1 Å². The van der Waals surface area contributed by atoms with Crippen LogP contribution in [0.25, 0.3) is 0 Å². The van der Waals surface area contributed by atoms with Crippen LogP contribution in [-0.4, -0.2) is 13.2 Å². The lowest BCUT2D eigenvalue weighted by atomic mass is 10.2. The van der Waals surface area contributed by atoms with Crippen molar-refractivity contribution in [2.75, 3.05) is 13.2 Å². The monoisotopic (exact) mass is 213 g/mol. The Morgan fingerprint density at radius 2 is 1.44 bits per heavy atom. The largest absolute Gasteiger partial charge is 0.490 e. The average Bonchev–Trinajstić information content (AvgIpc) is 2.30. The van der Waals surface area contributed by atoms with Gasteiger partial charge in [-0.15, -0.1) is 0 Å².